The molecule has 21 heavy (non-hydrogen) atoms. The van der Waals surface area contributed by atoms with Crippen molar-refractivity contribution < 1.29 is 4.79 Å². The van der Waals surface area contributed by atoms with Gasteiger partial charge in [-0.3, -0.25) is 4.79 Å². The second-order valence-electron chi connectivity index (χ2n) is 4.81. The Morgan fingerprint density at radius 1 is 1.24 bits per heavy atom. The fraction of sp³-hybridized carbons (Fsp3) is 0.312. The van der Waals surface area contributed by atoms with Gasteiger partial charge in [-0.2, -0.15) is 0 Å². The number of aryl methyl sites for hydroxylation is 1. The molecule has 0 fully saturated rings. The molecular weight excluding hydrogens is 304 g/mol. The van der Waals surface area contributed by atoms with Gasteiger partial charge in [-0.1, -0.05) is 30.3 Å². The zero-order chi connectivity index (χ0) is 14.4. The van der Waals surface area contributed by atoms with Gasteiger partial charge in [-0.05, 0) is 43.0 Å². The van der Waals surface area contributed by atoms with E-state index in [1.807, 2.05) is 18.2 Å². The lowest BCUT2D eigenvalue weighted by atomic mass is 10.0. The number of likely N-dealkylation sites (N-methyl/N-ethyl adjacent to an activating group) is 1. The molecule has 0 bridgehead atoms. The highest BCUT2D eigenvalue weighted by molar-refractivity contribution is 7.10. The molecule has 2 N–H and O–H groups in total. The van der Waals surface area contributed by atoms with E-state index in [4.69, 9.17) is 0 Å². The van der Waals surface area contributed by atoms with Gasteiger partial charge in [0.2, 0.25) is 5.91 Å². The van der Waals surface area contributed by atoms with Crippen molar-refractivity contribution >= 4 is 29.7 Å². The molecule has 114 valence electrons. The molecular formula is C16H21ClN2OS. The minimum absolute atomic E-state index is 0. The van der Waals surface area contributed by atoms with Gasteiger partial charge >= 0.3 is 0 Å². The molecule has 1 amide bonds. The number of halogens is 1. The zero-order valence-corrected chi connectivity index (χ0v) is 13.9. The van der Waals surface area contributed by atoms with Gasteiger partial charge in [-0.25, -0.2) is 0 Å². The highest BCUT2D eigenvalue weighted by Gasteiger charge is 2.18. The minimum atomic E-state index is 0. The smallest absolute Gasteiger partial charge is 0.234 e. The number of nitrogens with one attached hydrogen (secondary N) is 2. The van der Waals surface area contributed by atoms with Crippen LogP contribution < -0.4 is 10.6 Å². The summed E-state index contributed by atoms with van der Waals surface area (Å²) < 4.78 is 0. The van der Waals surface area contributed by atoms with Crippen molar-refractivity contribution in [3.63, 3.8) is 0 Å². The molecule has 0 aliphatic carbocycles. The third kappa shape index (κ3) is 5.16. The molecule has 1 heterocycles. The van der Waals surface area contributed by atoms with Crippen LogP contribution in [0, 0.1) is 6.92 Å². The SMILES string of the molecule is CNCC(=O)NC(Cc1ccccc1)c1sccc1C.Cl. The van der Waals surface area contributed by atoms with E-state index in [-0.39, 0.29) is 24.4 Å². The standard InChI is InChI=1S/C16H20N2OS.ClH/c1-12-8-9-20-16(12)14(18-15(19)11-17-2)10-13-6-4-3-5-7-13;/h3-9,14,17H,10-11H2,1-2H3,(H,18,19);1H. The molecule has 0 saturated carbocycles. The summed E-state index contributed by atoms with van der Waals surface area (Å²) in [6.45, 7) is 2.43. The molecule has 1 unspecified atom stereocenters. The summed E-state index contributed by atoms with van der Waals surface area (Å²) in [6, 6.07) is 12.4. The first-order valence-corrected chi connectivity index (χ1v) is 7.60. The van der Waals surface area contributed by atoms with E-state index >= 15 is 0 Å². The van der Waals surface area contributed by atoms with Crippen LogP contribution in [-0.4, -0.2) is 19.5 Å². The van der Waals surface area contributed by atoms with Crippen LogP contribution in [0.1, 0.15) is 22.0 Å². The number of rotatable bonds is 6. The summed E-state index contributed by atoms with van der Waals surface area (Å²) in [4.78, 5) is 13.1. The molecule has 1 atom stereocenters. The zero-order valence-electron chi connectivity index (χ0n) is 12.3. The monoisotopic (exact) mass is 324 g/mol. The van der Waals surface area contributed by atoms with Crippen molar-refractivity contribution in [1.82, 2.24) is 10.6 Å². The van der Waals surface area contributed by atoms with Crippen LogP contribution in [0.15, 0.2) is 41.8 Å². The van der Waals surface area contributed by atoms with E-state index in [9.17, 15) is 4.79 Å². The summed E-state index contributed by atoms with van der Waals surface area (Å²) in [5.41, 5.74) is 2.47. The summed E-state index contributed by atoms with van der Waals surface area (Å²) in [5.74, 6) is 0.0289. The van der Waals surface area contributed by atoms with Gasteiger partial charge in [0.15, 0.2) is 0 Å². The largest absolute Gasteiger partial charge is 0.347 e. The molecule has 3 nitrogen and oxygen atoms in total. The fourth-order valence-electron chi connectivity index (χ4n) is 2.21. The summed E-state index contributed by atoms with van der Waals surface area (Å²) in [7, 11) is 1.78. The van der Waals surface area contributed by atoms with Crippen molar-refractivity contribution in [2.45, 2.75) is 19.4 Å². The van der Waals surface area contributed by atoms with Crippen molar-refractivity contribution in [2.75, 3.05) is 13.6 Å². The molecule has 5 heteroatoms. The molecule has 2 rings (SSSR count). The number of benzene rings is 1. The number of hydrogen-bond acceptors (Lipinski definition) is 3. The van der Waals surface area contributed by atoms with Crippen LogP contribution in [0.4, 0.5) is 0 Å². The molecule has 1 aromatic carbocycles. The Kier molecular flexibility index (Phi) is 7.43. The van der Waals surface area contributed by atoms with Gasteiger partial charge in [0.1, 0.15) is 0 Å². The first-order valence-electron chi connectivity index (χ1n) is 6.72. The Balaban J connectivity index is 0.00000220. The maximum Gasteiger partial charge on any atom is 0.234 e. The van der Waals surface area contributed by atoms with Crippen molar-refractivity contribution in [3.05, 3.63) is 57.8 Å². The molecule has 0 spiro atoms. The minimum Gasteiger partial charge on any atom is -0.347 e. The highest BCUT2D eigenvalue weighted by atomic mass is 35.5. The quantitative estimate of drug-likeness (QED) is 0.857. The topological polar surface area (TPSA) is 41.1 Å². The molecule has 2 aromatic rings. The molecule has 0 aliphatic rings. The summed E-state index contributed by atoms with van der Waals surface area (Å²) >= 11 is 1.70. The molecule has 0 saturated heterocycles. The van der Waals surface area contributed by atoms with Gasteiger partial charge < -0.3 is 10.6 Å². The Morgan fingerprint density at radius 2 is 1.95 bits per heavy atom. The normalized spacial score (nSPS) is 11.5. The lowest BCUT2D eigenvalue weighted by molar-refractivity contribution is -0.120. The van der Waals surface area contributed by atoms with E-state index in [2.05, 4.69) is 41.1 Å². The van der Waals surface area contributed by atoms with E-state index in [0.717, 1.165) is 6.42 Å². The molecule has 1 aromatic heterocycles. The Labute approximate surface area is 136 Å². The van der Waals surface area contributed by atoms with Crippen LogP contribution in [0.3, 0.4) is 0 Å². The predicted molar refractivity (Wildman–Crippen MR) is 91.3 cm³/mol. The van der Waals surface area contributed by atoms with E-state index in [1.54, 1.807) is 18.4 Å². The van der Waals surface area contributed by atoms with Crippen LogP contribution >= 0.6 is 23.7 Å². The summed E-state index contributed by atoms with van der Waals surface area (Å²) in [5, 5.41) is 8.08. The number of carbonyl (C=O) groups is 1. The third-order valence-corrected chi connectivity index (χ3v) is 4.31. The molecule has 0 aliphatic heterocycles. The van der Waals surface area contributed by atoms with Gasteiger partial charge in [0.25, 0.3) is 0 Å². The fourth-order valence-corrected chi connectivity index (χ4v) is 3.19. The van der Waals surface area contributed by atoms with E-state index in [0.29, 0.717) is 6.54 Å². The van der Waals surface area contributed by atoms with Gasteiger partial charge in [0.05, 0.1) is 12.6 Å². The second-order valence-corrected chi connectivity index (χ2v) is 5.76. The Morgan fingerprint density at radius 3 is 2.52 bits per heavy atom. The van der Waals surface area contributed by atoms with Gasteiger partial charge in [0, 0.05) is 4.88 Å². The highest BCUT2D eigenvalue weighted by Crippen LogP contribution is 2.26. The van der Waals surface area contributed by atoms with E-state index in [1.165, 1.54) is 16.0 Å². The van der Waals surface area contributed by atoms with E-state index < -0.39 is 0 Å². The van der Waals surface area contributed by atoms with Crippen molar-refractivity contribution in [1.29, 1.82) is 0 Å². The lowest BCUT2D eigenvalue weighted by Crippen LogP contribution is -2.35. The number of amides is 1. The maximum atomic E-state index is 11.9. The van der Waals surface area contributed by atoms with Crippen molar-refractivity contribution in [2.24, 2.45) is 0 Å². The number of hydrogen-bond donors (Lipinski definition) is 2. The third-order valence-electron chi connectivity index (χ3n) is 3.17. The van der Waals surface area contributed by atoms with Crippen LogP contribution in [0.25, 0.3) is 0 Å². The predicted octanol–water partition coefficient (Wildman–Crippen LogP) is 3.10. The second kappa shape index (κ2) is 8.82. The maximum absolute atomic E-state index is 11.9. The first-order chi connectivity index (χ1) is 9.70. The average Bonchev–Trinajstić information content (AvgIpc) is 2.86. The van der Waals surface area contributed by atoms with Crippen LogP contribution in [-0.2, 0) is 11.2 Å². The van der Waals surface area contributed by atoms with Crippen LogP contribution in [0.5, 0.6) is 0 Å². The average molecular weight is 325 g/mol. The van der Waals surface area contributed by atoms with Crippen molar-refractivity contribution in [3.8, 4) is 0 Å². The lowest BCUT2D eigenvalue weighted by Gasteiger charge is -2.19. The van der Waals surface area contributed by atoms with Gasteiger partial charge in [-0.15, -0.1) is 23.7 Å². The Bertz CT molecular complexity index is 556. The molecule has 0 radical (unpaired) electrons. The first kappa shape index (κ1) is 17.7. The number of thiophene rings is 1. The summed E-state index contributed by atoms with van der Waals surface area (Å²) in [6.07, 6.45) is 0.817. The van der Waals surface area contributed by atoms with Crippen LogP contribution in [0.2, 0.25) is 0 Å². The Hall–Kier alpha value is -1.36. The number of carbonyl (C=O) groups excluding carboxylic acids is 1.